The quantitative estimate of drug-likeness (QED) is 0.507. The summed E-state index contributed by atoms with van der Waals surface area (Å²) in [6, 6.07) is 0. The lowest BCUT2D eigenvalue weighted by Crippen LogP contribution is -2.15. The van der Waals surface area contributed by atoms with Gasteiger partial charge < -0.3 is 0 Å². The minimum Gasteiger partial charge on any atom is -0.207 e. The summed E-state index contributed by atoms with van der Waals surface area (Å²) in [7, 11) is 0. The summed E-state index contributed by atoms with van der Waals surface area (Å²) in [5.74, 6) is -2.40. The number of rotatable bonds is 7. The summed E-state index contributed by atoms with van der Waals surface area (Å²) in [5, 5.41) is 0. The molecule has 0 N–H and O–H groups in total. The minimum absolute atomic E-state index is 0.0766. The Morgan fingerprint density at radius 1 is 0.833 bits per heavy atom. The molecule has 0 nitrogen and oxygen atoms in total. The van der Waals surface area contributed by atoms with Crippen molar-refractivity contribution in [2.75, 3.05) is 0 Å². The first-order valence-corrected chi connectivity index (χ1v) is 5.00. The van der Waals surface area contributed by atoms with Crippen LogP contribution in [-0.4, -0.2) is 5.92 Å². The van der Waals surface area contributed by atoms with Gasteiger partial charge in [0, 0.05) is 12.8 Å². The molecule has 74 valence electrons. The molecule has 0 aliphatic heterocycles. The lowest BCUT2D eigenvalue weighted by Gasteiger charge is -2.15. The van der Waals surface area contributed by atoms with E-state index in [0.29, 0.717) is 12.8 Å². The lowest BCUT2D eigenvalue weighted by molar-refractivity contribution is -0.0201. The Hall–Kier alpha value is -0.140. The fraction of sp³-hybridized carbons (Fsp3) is 1.00. The molecule has 0 aliphatic carbocycles. The van der Waals surface area contributed by atoms with E-state index >= 15 is 0 Å². The second-order valence-electron chi connectivity index (χ2n) is 3.42. The fourth-order valence-corrected chi connectivity index (χ4v) is 1.19. The molecule has 0 aliphatic rings. The van der Waals surface area contributed by atoms with Gasteiger partial charge in [-0.2, -0.15) is 0 Å². The molecule has 2 heteroatoms. The molecule has 0 aromatic heterocycles. The Morgan fingerprint density at radius 2 is 1.33 bits per heavy atom. The van der Waals surface area contributed by atoms with Gasteiger partial charge in [-0.25, -0.2) is 8.78 Å². The minimum atomic E-state index is -2.40. The van der Waals surface area contributed by atoms with E-state index in [9.17, 15) is 8.78 Å². The van der Waals surface area contributed by atoms with E-state index in [0.717, 1.165) is 19.3 Å². The molecule has 0 unspecified atom stereocenters. The van der Waals surface area contributed by atoms with Crippen LogP contribution in [0.4, 0.5) is 8.78 Å². The zero-order valence-electron chi connectivity index (χ0n) is 8.21. The van der Waals surface area contributed by atoms with Crippen LogP contribution >= 0.6 is 0 Å². The summed E-state index contributed by atoms with van der Waals surface area (Å²) < 4.78 is 25.9. The van der Waals surface area contributed by atoms with Crippen molar-refractivity contribution in [2.45, 2.75) is 64.7 Å². The number of hydrogen-bond acceptors (Lipinski definition) is 0. The molecule has 0 fully saturated rings. The molecule has 0 heterocycles. The highest BCUT2D eigenvalue weighted by Crippen LogP contribution is 2.27. The molecule has 0 rings (SSSR count). The summed E-state index contributed by atoms with van der Waals surface area (Å²) in [5.41, 5.74) is 0. The first-order valence-electron chi connectivity index (χ1n) is 5.00. The predicted octanol–water partition coefficient (Wildman–Crippen LogP) is 4.39. The van der Waals surface area contributed by atoms with Gasteiger partial charge in [-0.3, -0.25) is 0 Å². The third-order valence-corrected chi connectivity index (χ3v) is 2.04. The van der Waals surface area contributed by atoms with Crippen LogP contribution in [0.15, 0.2) is 0 Å². The normalized spacial score (nSPS) is 12.0. The monoisotopic (exact) mass is 178 g/mol. The largest absolute Gasteiger partial charge is 0.248 e. The van der Waals surface area contributed by atoms with Gasteiger partial charge in [0.05, 0.1) is 0 Å². The van der Waals surface area contributed by atoms with Crippen molar-refractivity contribution >= 4 is 0 Å². The highest BCUT2D eigenvalue weighted by Gasteiger charge is 2.26. The van der Waals surface area contributed by atoms with E-state index in [4.69, 9.17) is 0 Å². The van der Waals surface area contributed by atoms with Crippen LogP contribution in [0.25, 0.3) is 0 Å². The number of alkyl halides is 2. The maximum absolute atomic E-state index is 12.9. The standard InChI is InChI=1S/C10H20F2/c1-3-5-7-9-10(11,12)8-6-4-2/h3-9H2,1-2H3. The molecule has 12 heavy (non-hydrogen) atoms. The maximum Gasteiger partial charge on any atom is 0.248 e. The second kappa shape index (κ2) is 6.38. The Labute approximate surface area is 74.4 Å². The van der Waals surface area contributed by atoms with Crippen LogP contribution in [-0.2, 0) is 0 Å². The maximum atomic E-state index is 12.9. The summed E-state index contributed by atoms with van der Waals surface area (Å²) in [6.45, 7) is 3.98. The SMILES string of the molecule is CCCCCC(F)(F)CCCC. The van der Waals surface area contributed by atoms with E-state index in [1.807, 2.05) is 13.8 Å². The number of halogens is 2. The van der Waals surface area contributed by atoms with E-state index in [2.05, 4.69) is 0 Å². The molecule has 0 saturated heterocycles. The van der Waals surface area contributed by atoms with Gasteiger partial charge >= 0.3 is 0 Å². The highest BCUT2D eigenvalue weighted by molar-refractivity contribution is 4.65. The van der Waals surface area contributed by atoms with E-state index in [1.165, 1.54) is 0 Å². The van der Waals surface area contributed by atoms with Crippen molar-refractivity contribution in [3.63, 3.8) is 0 Å². The van der Waals surface area contributed by atoms with Crippen molar-refractivity contribution < 1.29 is 8.78 Å². The summed E-state index contributed by atoms with van der Waals surface area (Å²) >= 11 is 0. The van der Waals surface area contributed by atoms with Crippen molar-refractivity contribution in [1.29, 1.82) is 0 Å². The van der Waals surface area contributed by atoms with Crippen LogP contribution in [0.3, 0.4) is 0 Å². The number of hydrogen-bond donors (Lipinski definition) is 0. The smallest absolute Gasteiger partial charge is 0.207 e. The average molecular weight is 178 g/mol. The fourth-order valence-electron chi connectivity index (χ4n) is 1.19. The Bertz CT molecular complexity index is 100. The lowest BCUT2D eigenvalue weighted by atomic mass is 10.0. The van der Waals surface area contributed by atoms with Crippen molar-refractivity contribution in [3.05, 3.63) is 0 Å². The topological polar surface area (TPSA) is 0 Å². The van der Waals surface area contributed by atoms with Gasteiger partial charge in [0.25, 0.3) is 0 Å². The highest BCUT2D eigenvalue weighted by atomic mass is 19.3. The van der Waals surface area contributed by atoms with Crippen LogP contribution < -0.4 is 0 Å². The first kappa shape index (κ1) is 11.9. The molecule has 0 atom stereocenters. The van der Waals surface area contributed by atoms with Gasteiger partial charge in [-0.05, 0) is 12.8 Å². The Balaban J connectivity index is 3.42. The molecule has 0 aromatic rings. The van der Waals surface area contributed by atoms with Crippen molar-refractivity contribution in [2.24, 2.45) is 0 Å². The van der Waals surface area contributed by atoms with Crippen LogP contribution in [0.2, 0.25) is 0 Å². The zero-order valence-corrected chi connectivity index (χ0v) is 8.21. The van der Waals surface area contributed by atoms with Crippen LogP contribution in [0.5, 0.6) is 0 Å². The molecule has 0 aromatic carbocycles. The van der Waals surface area contributed by atoms with E-state index in [-0.39, 0.29) is 12.8 Å². The average Bonchev–Trinajstić information content (AvgIpc) is 2.01. The zero-order chi connectivity index (χ0) is 9.45. The molecule has 0 spiro atoms. The first-order chi connectivity index (χ1) is 5.62. The molecule has 0 bridgehead atoms. The van der Waals surface area contributed by atoms with Gasteiger partial charge in [0.15, 0.2) is 0 Å². The van der Waals surface area contributed by atoms with E-state index < -0.39 is 5.92 Å². The van der Waals surface area contributed by atoms with Gasteiger partial charge in [-0.15, -0.1) is 0 Å². The number of unbranched alkanes of at least 4 members (excludes halogenated alkanes) is 3. The second-order valence-corrected chi connectivity index (χ2v) is 3.42. The molecular formula is C10H20F2. The van der Waals surface area contributed by atoms with Crippen molar-refractivity contribution in [3.8, 4) is 0 Å². The van der Waals surface area contributed by atoms with Crippen molar-refractivity contribution in [1.82, 2.24) is 0 Å². The van der Waals surface area contributed by atoms with E-state index in [1.54, 1.807) is 0 Å². The predicted molar refractivity (Wildman–Crippen MR) is 48.6 cm³/mol. The summed E-state index contributed by atoms with van der Waals surface area (Å²) in [4.78, 5) is 0. The Morgan fingerprint density at radius 3 is 1.83 bits per heavy atom. The van der Waals surface area contributed by atoms with Gasteiger partial charge in [0.2, 0.25) is 5.92 Å². The third kappa shape index (κ3) is 6.56. The van der Waals surface area contributed by atoms with Gasteiger partial charge in [-0.1, -0.05) is 33.1 Å². The molecular weight excluding hydrogens is 158 g/mol. The molecule has 0 radical (unpaired) electrons. The molecule has 0 saturated carbocycles. The Kier molecular flexibility index (Phi) is 6.31. The van der Waals surface area contributed by atoms with Crippen LogP contribution in [0.1, 0.15) is 58.8 Å². The van der Waals surface area contributed by atoms with Crippen LogP contribution in [0, 0.1) is 0 Å². The van der Waals surface area contributed by atoms with Gasteiger partial charge in [0.1, 0.15) is 0 Å². The third-order valence-electron chi connectivity index (χ3n) is 2.04. The summed E-state index contributed by atoms with van der Waals surface area (Å²) in [6.07, 6.45) is 4.30. The molecule has 0 amide bonds.